The molecule has 1 atom stereocenters. The van der Waals surface area contributed by atoms with Crippen molar-refractivity contribution in [2.75, 3.05) is 38.2 Å². The molecule has 1 aromatic carbocycles. The zero-order valence-corrected chi connectivity index (χ0v) is 18.8. The summed E-state index contributed by atoms with van der Waals surface area (Å²) < 4.78 is 10.9. The molecule has 0 spiro atoms. The maximum Gasteiger partial charge on any atom is 0.339 e. The minimum atomic E-state index is -0.659. The Bertz CT molecular complexity index is 1040. The Labute approximate surface area is 187 Å². The van der Waals surface area contributed by atoms with E-state index in [2.05, 4.69) is 4.98 Å². The van der Waals surface area contributed by atoms with Crippen molar-refractivity contribution in [2.24, 2.45) is 0 Å². The summed E-state index contributed by atoms with van der Waals surface area (Å²) in [6, 6.07) is 7.44. The van der Waals surface area contributed by atoms with E-state index in [-0.39, 0.29) is 18.2 Å². The SMILES string of the molecule is COC(=O)c1c(C)[nH]c(C(=O)CN2CC(C(=O)N3CCCCC3)Oc3ccccc32)c1C. The first-order chi connectivity index (χ1) is 15.4. The highest BCUT2D eigenvalue weighted by Crippen LogP contribution is 2.34. The minimum absolute atomic E-state index is 0.0310. The summed E-state index contributed by atoms with van der Waals surface area (Å²) in [6.07, 6.45) is 2.49. The number of para-hydroxylation sites is 2. The fourth-order valence-corrected chi connectivity index (χ4v) is 4.59. The number of nitrogens with zero attached hydrogens (tertiary/aromatic N) is 2. The number of anilines is 1. The molecular weight excluding hydrogens is 410 g/mol. The second kappa shape index (κ2) is 9.06. The molecule has 3 heterocycles. The van der Waals surface area contributed by atoms with Crippen molar-refractivity contribution < 1.29 is 23.9 Å². The number of methoxy groups -OCH3 is 1. The smallest absolute Gasteiger partial charge is 0.339 e. The van der Waals surface area contributed by atoms with Crippen molar-refractivity contribution in [2.45, 2.75) is 39.2 Å². The van der Waals surface area contributed by atoms with E-state index in [1.165, 1.54) is 7.11 Å². The lowest BCUT2D eigenvalue weighted by Crippen LogP contribution is -2.52. The third-order valence-corrected chi connectivity index (χ3v) is 6.24. The van der Waals surface area contributed by atoms with E-state index < -0.39 is 12.1 Å². The van der Waals surface area contributed by atoms with Crippen molar-refractivity contribution in [3.63, 3.8) is 0 Å². The van der Waals surface area contributed by atoms with Gasteiger partial charge in [-0.15, -0.1) is 0 Å². The van der Waals surface area contributed by atoms with Crippen LogP contribution < -0.4 is 9.64 Å². The first-order valence-electron chi connectivity index (χ1n) is 11.0. The van der Waals surface area contributed by atoms with Gasteiger partial charge in [0.25, 0.3) is 5.91 Å². The van der Waals surface area contributed by atoms with Crippen LogP contribution in [0.4, 0.5) is 5.69 Å². The quantitative estimate of drug-likeness (QED) is 0.569. The number of aromatic amines is 1. The predicted octanol–water partition coefficient (Wildman–Crippen LogP) is 2.88. The molecule has 1 aromatic heterocycles. The van der Waals surface area contributed by atoms with Gasteiger partial charge in [-0.25, -0.2) is 4.79 Å². The lowest BCUT2D eigenvalue weighted by atomic mass is 10.1. The van der Waals surface area contributed by atoms with Crippen LogP contribution in [-0.4, -0.2) is 66.9 Å². The van der Waals surface area contributed by atoms with Crippen LogP contribution in [-0.2, 0) is 9.53 Å². The second-order valence-electron chi connectivity index (χ2n) is 8.38. The van der Waals surface area contributed by atoms with Crippen LogP contribution in [0, 0.1) is 13.8 Å². The number of amides is 1. The summed E-state index contributed by atoms with van der Waals surface area (Å²) in [5.74, 6) is -0.0751. The number of ether oxygens (including phenoxy) is 2. The van der Waals surface area contributed by atoms with Gasteiger partial charge < -0.3 is 24.3 Å². The molecule has 0 saturated carbocycles. The molecule has 1 unspecified atom stereocenters. The number of fused-ring (bicyclic) bond motifs is 1. The zero-order valence-electron chi connectivity index (χ0n) is 18.8. The molecule has 1 amide bonds. The molecule has 4 rings (SSSR count). The Morgan fingerprint density at radius 3 is 2.56 bits per heavy atom. The Hall–Kier alpha value is -3.29. The summed E-state index contributed by atoms with van der Waals surface area (Å²) in [7, 11) is 1.32. The molecule has 2 aliphatic rings. The fourth-order valence-electron chi connectivity index (χ4n) is 4.59. The van der Waals surface area contributed by atoms with Crippen molar-refractivity contribution in [3.05, 3.63) is 46.8 Å². The van der Waals surface area contributed by atoms with E-state index in [1.807, 2.05) is 34.1 Å². The molecule has 1 N–H and O–H groups in total. The van der Waals surface area contributed by atoms with Gasteiger partial charge in [0, 0.05) is 18.8 Å². The monoisotopic (exact) mass is 439 g/mol. The number of benzene rings is 1. The van der Waals surface area contributed by atoms with Gasteiger partial charge in [0.1, 0.15) is 5.75 Å². The molecule has 1 fully saturated rings. The van der Waals surface area contributed by atoms with E-state index in [9.17, 15) is 14.4 Å². The molecule has 8 nitrogen and oxygen atoms in total. The van der Waals surface area contributed by atoms with E-state index in [0.29, 0.717) is 34.8 Å². The maximum atomic E-state index is 13.2. The third kappa shape index (κ3) is 4.09. The molecule has 32 heavy (non-hydrogen) atoms. The second-order valence-corrected chi connectivity index (χ2v) is 8.38. The number of hydrogen-bond acceptors (Lipinski definition) is 6. The molecule has 8 heteroatoms. The topological polar surface area (TPSA) is 91.9 Å². The number of H-pyrrole nitrogens is 1. The molecule has 0 aliphatic carbocycles. The number of Topliss-reactive ketones (excluding diaryl/α,β-unsaturated/α-hetero) is 1. The van der Waals surface area contributed by atoms with Gasteiger partial charge >= 0.3 is 5.97 Å². The number of ketones is 1. The highest BCUT2D eigenvalue weighted by atomic mass is 16.5. The van der Waals surface area contributed by atoms with Crippen molar-refractivity contribution in [3.8, 4) is 5.75 Å². The number of carbonyl (C=O) groups is 3. The number of nitrogens with one attached hydrogen (secondary N) is 1. The van der Waals surface area contributed by atoms with E-state index in [1.54, 1.807) is 13.8 Å². The maximum absolute atomic E-state index is 13.2. The van der Waals surface area contributed by atoms with Crippen molar-refractivity contribution >= 4 is 23.3 Å². The summed E-state index contributed by atoms with van der Waals surface area (Å²) in [4.78, 5) is 45.2. The van der Waals surface area contributed by atoms with Gasteiger partial charge in [-0.3, -0.25) is 9.59 Å². The molecule has 1 saturated heterocycles. The number of aryl methyl sites for hydroxylation is 1. The van der Waals surface area contributed by atoms with Gasteiger partial charge in [0.2, 0.25) is 0 Å². The number of hydrogen-bond donors (Lipinski definition) is 1. The zero-order chi connectivity index (χ0) is 22.8. The summed E-state index contributed by atoms with van der Waals surface area (Å²) >= 11 is 0. The molecule has 170 valence electrons. The third-order valence-electron chi connectivity index (χ3n) is 6.24. The summed E-state index contributed by atoms with van der Waals surface area (Å²) in [6.45, 7) is 5.33. The molecule has 0 bridgehead atoms. The average Bonchev–Trinajstić information content (AvgIpc) is 3.12. The predicted molar refractivity (Wildman–Crippen MR) is 119 cm³/mol. The van der Waals surface area contributed by atoms with Gasteiger partial charge in [-0.2, -0.15) is 0 Å². The van der Waals surface area contributed by atoms with E-state index in [4.69, 9.17) is 9.47 Å². The van der Waals surface area contributed by atoms with Gasteiger partial charge in [-0.1, -0.05) is 12.1 Å². The first-order valence-corrected chi connectivity index (χ1v) is 11.0. The number of aromatic nitrogens is 1. The van der Waals surface area contributed by atoms with Gasteiger partial charge in [0.15, 0.2) is 11.9 Å². The van der Waals surface area contributed by atoms with Gasteiger partial charge in [-0.05, 0) is 50.8 Å². The average molecular weight is 440 g/mol. The van der Waals surface area contributed by atoms with Crippen LogP contribution in [0.3, 0.4) is 0 Å². The van der Waals surface area contributed by atoms with Crippen LogP contribution in [0.2, 0.25) is 0 Å². The normalized spacial score (nSPS) is 18.0. The fraction of sp³-hybridized carbons (Fsp3) is 0.458. The minimum Gasteiger partial charge on any atom is -0.477 e. The van der Waals surface area contributed by atoms with Crippen LogP contribution in [0.15, 0.2) is 24.3 Å². The van der Waals surface area contributed by atoms with Crippen LogP contribution in [0.1, 0.15) is 51.4 Å². The van der Waals surface area contributed by atoms with Crippen LogP contribution >= 0.6 is 0 Å². The lowest BCUT2D eigenvalue weighted by molar-refractivity contribution is -0.139. The lowest BCUT2D eigenvalue weighted by Gasteiger charge is -2.38. The van der Waals surface area contributed by atoms with Crippen molar-refractivity contribution in [1.82, 2.24) is 9.88 Å². The Balaban J connectivity index is 1.57. The highest BCUT2D eigenvalue weighted by Gasteiger charge is 2.35. The molecule has 2 aromatic rings. The highest BCUT2D eigenvalue weighted by molar-refractivity contribution is 6.03. The number of rotatable bonds is 5. The number of carbonyl (C=O) groups excluding carboxylic acids is 3. The number of esters is 1. The van der Waals surface area contributed by atoms with Crippen LogP contribution in [0.25, 0.3) is 0 Å². The van der Waals surface area contributed by atoms with Gasteiger partial charge in [0.05, 0.1) is 37.1 Å². The van der Waals surface area contributed by atoms with E-state index >= 15 is 0 Å². The number of piperidine rings is 1. The Kier molecular flexibility index (Phi) is 6.21. The largest absolute Gasteiger partial charge is 0.477 e. The Morgan fingerprint density at radius 2 is 1.84 bits per heavy atom. The summed E-state index contributed by atoms with van der Waals surface area (Å²) in [5.41, 5.74) is 2.71. The Morgan fingerprint density at radius 1 is 1.12 bits per heavy atom. The first kappa shape index (κ1) is 21.9. The summed E-state index contributed by atoms with van der Waals surface area (Å²) in [5, 5.41) is 0. The van der Waals surface area contributed by atoms with E-state index in [0.717, 1.165) is 38.0 Å². The van der Waals surface area contributed by atoms with Crippen LogP contribution in [0.5, 0.6) is 5.75 Å². The molecule has 0 radical (unpaired) electrons. The molecular formula is C24H29N3O5. The molecule has 2 aliphatic heterocycles. The van der Waals surface area contributed by atoms with Crippen molar-refractivity contribution in [1.29, 1.82) is 0 Å². The standard InChI is InChI=1S/C24H29N3O5/c1-15-21(24(30)31-3)16(2)25-22(15)18(28)13-27-14-20(23(29)26-11-7-4-8-12-26)32-19-10-6-5-9-17(19)27/h5-6,9-10,20,25H,4,7-8,11-14H2,1-3H3. The number of likely N-dealkylation sites (tertiary alicyclic amines) is 1.